The van der Waals surface area contributed by atoms with Gasteiger partial charge in [-0.25, -0.2) is 14.6 Å². The summed E-state index contributed by atoms with van der Waals surface area (Å²) in [5, 5.41) is 7.45. The average Bonchev–Trinajstić information content (AvgIpc) is 3.34. The summed E-state index contributed by atoms with van der Waals surface area (Å²) >= 11 is 0. The van der Waals surface area contributed by atoms with Gasteiger partial charge in [0.1, 0.15) is 5.82 Å². The van der Waals surface area contributed by atoms with E-state index in [9.17, 15) is 4.79 Å². The molecule has 1 aliphatic carbocycles. The SMILES string of the molecule is O=C(CN1CCN(c2ncccn2)CC1)Nc1ccnn1C1CCCC1. The van der Waals surface area contributed by atoms with E-state index in [1.165, 1.54) is 12.8 Å². The largest absolute Gasteiger partial charge is 0.338 e. The first-order chi connectivity index (χ1) is 12.8. The summed E-state index contributed by atoms with van der Waals surface area (Å²) in [5.41, 5.74) is 0. The van der Waals surface area contributed by atoms with Crippen molar-refractivity contribution in [3.05, 3.63) is 30.7 Å². The first kappa shape index (κ1) is 17.0. The zero-order chi connectivity index (χ0) is 17.8. The number of aromatic nitrogens is 4. The summed E-state index contributed by atoms with van der Waals surface area (Å²) in [4.78, 5) is 25.4. The van der Waals surface area contributed by atoms with Gasteiger partial charge in [0.05, 0.1) is 18.8 Å². The molecule has 0 atom stereocenters. The van der Waals surface area contributed by atoms with Gasteiger partial charge in [-0.2, -0.15) is 5.10 Å². The highest BCUT2D eigenvalue weighted by atomic mass is 16.2. The van der Waals surface area contributed by atoms with Gasteiger partial charge in [-0.15, -0.1) is 0 Å². The Hall–Kier alpha value is -2.48. The molecule has 1 saturated carbocycles. The zero-order valence-electron chi connectivity index (χ0n) is 14.9. The predicted molar refractivity (Wildman–Crippen MR) is 99.0 cm³/mol. The Balaban J connectivity index is 1.28. The van der Waals surface area contributed by atoms with Crippen molar-refractivity contribution in [2.24, 2.45) is 0 Å². The van der Waals surface area contributed by atoms with Crippen LogP contribution in [0.4, 0.5) is 11.8 Å². The molecule has 2 aliphatic rings. The minimum absolute atomic E-state index is 0.0224. The van der Waals surface area contributed by atoms with Crippen LogP contribution in [0.25, 0.3) is 0 Å². The third kappa shape index (κ3) is 3.85. The van der Waals surface area contributed by atoms with Crippen molar-refractivity contribution in [3.8, 4) is 0 Å². The Bertz CT molecular complexity index is 718. The Kier molecular flexibility index (Phi) is 5.10. The quantitative estimate of drug-likeness (QED) is 0.877. The number of nitrogens with zero attached hydrogens (tertiary/aromatic N) is 6. The van der Waals surface area contributed by atoms with Crippen molar-refractivity contribution < 1.29 is 4.79 Å². The molecule has 3 heterocycles. The summed E-state index contributed by atoms with van der Waals surface area (Å²) in [6.45, 7) is 3.72. The van der Waals surface area contributed by atoms with Gasteiger partial charge >= 0.3 is 0 Å². The third-order valence-electron chi connectivity index (χ3n) is 5.18. The molecule has 0 radical (unpaired) electrons. The summed E-state index contributed by atoms with van der Waals surface area (Å²) in [6.07, 6.45) is 10.1. The van der Waals surface area contributed by atoms with Gasteiger partial charge in [0.2, 0.25) is 11.9 Å². The maximum absolute atomic E-state index is 12.5. The molecule has 2 aromatic rings. The van der Waals surface area contributed by atoms with Gasteiger partial charge in [-0.05, 0) is 18.9 Å². The van der Waals surface area contributed by atoms with Crippen LogP contribution in [-0.4, -0.2) is 63.3 Å². The number of amides is 1. The Morgan fingerprint density at radius 1 is 1.08 bits per heavy atom. The summed E-state index contributed by atoms with van der Waals surface area (Å²) < 4.78 is 1.98. The molecule has 4 rings (SSSR count). The first-order valence-corrected chi connectivity index (χ1v) is 9.37. The molecule has 2 aromatic heterocycles. The lowest BCUT2D eigenvalue weighted by Crippen LogP contribution is -2.49. The lowest BCUT2D eigenvalue weighted by Gasteiger charge is -2.34. The number of hydrogen-bond donors (Lipinski definition) is 1. The number of nitrogens with one attached hydrogen (secondary N) is 1. The predicted octanol–water partition coefficient (Wildman–Crippen LogP) is 1.55. The van der Waals surface area contributed by atoms with E-state index in [2.05, 4.69) is 30.2 Å². The topological polar surface area (TPSA) is 79.2 Å². The van der Waals surface area contributed by atoms with E-state index in [0.29, 0.717) is 12.6 Å². The minimum Gasteiger partial charge on any atom is -0.338 e. The van der Waals surface area contributed by atoms with Crippen LogP contribution in [0.5, 0.6) is 0 Å². The molecule has 0 aromatic carbocycles. The van der Waals surface area contributed by atoms with Crippen LogP contribution in [0.1, 0.15) is 31.7 Å². The Morgan fingerprint density at radius 2 is 1.81 bits per heavy atom. The highest BCUT2D eigenvalue weighted by Gasteiger charge is 2.23. The zero-order valence-corrected chi connectivity index (χ0v) is 14.9. The van der Waals surface area contributed by atoms with Gasteiger partial charge in [0.25, 0.3) is 0 Å². The van der Waals surface area contributed by atoms with E-state index >= 15 is 0 Å². The van der Waals surface area contributed by atoms with Crippen LogP contribution in [0.2, 0.25) is 0 Å². The van der Waals surface area contributed by atoms with E-state index in [4.69, 9.17) is 0 Å². The van der Waals surface area contributed by atoms with Crippen molar-refractivity contribution in [1.82, 2.24) is 24.6 Å². The molecule has 8 nitrogen and oxygen atoms in total. The van der Waals surface area contributed by atoms with E-state index in [1.807, 2.05) is 16.8 Å². The van der Waals surface area contributed by atoms with Crippen molar-refractivity contribution >= 4 is 17.7 Å². The fourth-order valence-corrected chi connectivity index (χ4v) is 3.80. The molecule has 0 bridgehead atoms. The fourth-order valence-electron chi connectivity index (χ4n) is 3.80. The summed E-state index contributed by atoms with van der Waals surface area (Å²) in [6, 6.07) is 4.14. The van der Waals surface area contributed by atoms with Gasteiger partial charge in [-0.3, -0.25) is 9.69 Å². The highest BCUT2D eigenvalue weighted by molar-refractivity contribution is 5.91. The van der Waals surface area contributed by atoms with Gasteiger partial charge < -0.3 is 10.2 Å². The summed E-state index contributed by atoms with van der Waals surface area (Å²) in [7, 11) is 0. The normalized spacial score (nSPS) is 19.0. The van der Waals surface area contributed by atoms with E-state index < -0.39 is 0 Å². The number of carbonyl (C=O) groups excluding carboxylic acids is 1. The van der Waals surface area contributed by atoms with Crippen LogP contribution in [0, 0.1) is 0 Å². The standard InChI is InChI=1S/C18H25N7O/c26-17(22-16-6-9-21-25(16)15-4-1-2-5-15)14-23-10-12-24(13-11-23)18-19-7-3-8-20-18/h3,6-9,15H,1-2,4-5,10-14H2,(H,22,26). The van der Waals surface area contributed by atoms with E-state index in [0.717, 1.165) is 50.8 Å². The first-order valence-electron chi connectivity index (χ1n) is 9.37. The van der Waals surface area contributed by atoms with Gasteiger partial charge in [0, 0.05) is 44.6 Å². The molecule has 1 amide bonds. The van der Waals surface area contributed by atoms with Crippen LogP contribution < -0.4 is 10.2 Å². The lowest BCUT2D eigenvalue weighted by molar-refractivity contribution is -0.117. The molecule has 1 N–H and O–H groups in total. The van der Waals surface area contributed by atoms with Gasteiger partial charge in [-0.1, -0.05) is 12.8 Å². The van der Waals surface area contributed by atoms with Gasteiger partial charge in [0.15, 0.2) is 0 Å². The lowest BCUT2D eigenvalue weighted by atomic mass is 10.2. The number of hydrogen-bond acceptors (Lipinski definition) is 6. The van der Waals surface area contributed by atoms with Crippen LogP contribution >= 0.6 is 0 Å². The summed E-state index contributed by atoms with van der Waals surface area (Å²) in [5.74, 6) is 1.60. The Labute approximate surface area is 153 Å². The molecule has 1 saturated heterocycles. The molecule has 26 heavy (non-hydrogen) atoms. The molecular formula is C18H25N7O. The van der Waals surface area contributed by atoms with Crippen molar-refractivity contribution in [1.29, 1.82) is 0 Å². The van der Waals surface area contributed by atoms with Crippen molar-refractivity contribution in [2.75, 3.05) is 42.9 Å². The second-order valence-electron chi connectivity index (χ2n) is 6.96. The second-order valence-corrected chi connectivity index (χ2v) is 6.96. The molecule has 1 aliphatic heterocycles. The number of carbonyl (C=O) groups is 1. The number of anilines is 2. The van der Waals surface area contributed by atoms with E-state index in [-0.39, 0.29) is 5.91 Å². The smallest absolute Gasteiger partial charge is 0.239 e. The maximum Gasteiger partial charge on any atom is 0.239 e. The number of rotatable bonds is 5. The van der Waals surface area contributed by atoms with Crippen LogP contribution in [-0.2, 0) is 4.79 Å². The van der Waals surface area contributed by atoms with Crippen LogP contribution in [0.15, 0.2) is 30.7 Å². The average molecular weight is 355 g/mol. The van der Waals surface area contributed by atoms with Crippen LogP contribution in [0.3, 0.4) is 0 Å². The number of piperazine rings is 1. The molecular weight excluding hydrogens is 330 g/mol. The third-order valence-corrected chi connectivity index (χ3v) is 5.18. The molecule has 0 spiro atoms. The molecule has 0 unspecified atom stereocenters. The minimum atomic E-state index is 0.0224. The second kappa shape index (κ2) is 7.82. The van der Waals surface area contributed by atoms with E-state index in [1.54, 1.807) is 18.6 Å². The molecule has 138 valence electrons. The van der Waals surface area contributed by atoms with Crippen molar-refractivity contribution in [2.45, 2.75) is 31.7 Å². The fraction of sp³-hybridized carbons (Fsp3) is 0.556. The molecule has 2 fully saturated rings. The Morgan fingerprint density at radius 3 is 2.54 bits per heavy atom. The molecule has 8 heteroatoms. The monoisotopic (exact) mass is 355 g/mol. The van der Waals surface area contributed by atoms with Crippen molar-refractivity contribution in [3.63, 3.8) is 0 Å². The maximum atomic E-state index is 12.5. The highest BCUT2D eigenvalue weighted by Crippen LogP contribution is 2.31.